The van der Waals surface area contributed by atoms with Crippen molar-refractivity contribution < 1.29 is 0 Å². The highest BCUT2D eigenvalue weighted by Gasteiger charge is 2.09. The zero-order valence-electron chi connectivity index (χ0n) is 10.7. The summed E-state index contributed by atoms with van der Waals surface area (Å²) >= 11 is 7.81. The molecule has 0 spiro atoms. The SMILES string of the molecule is Nc1ccccc1-c1csc(Cc2ccccc2Cl)n1. The predicted molar refractivity (Wildman–Crippen MR) is 86.2 cm³/mol. The number of nitrogens with zero attached hydrogens (tertiary/aromatic N) is 1. The summed E-state index contributed by atoms with van der Waals surface area (Å²) in [6.45, 7) is 0. The molecule has 2 N–H and O–H groups in total. The number of para-hydroxylation sites is 1. The number of thiazole rings is 1. The molecule has 2 nitrogen and oxygen atoms in total. The molecule has 3 aromatic rings. The van der Waals surface area contributed by atoms with Crippen LogP contribution in [0.2, 0.25) is 5.02 Å². The first kappa shape index (κ1) is 13.2. The lowest BCUT2D eigenvalue weighted by Crippen LogP contribution is -1.91. The van der Waals surface area contributed by atoms with Gasteiger partial charge in [-0.25, -0.2) is 4.98 Å². The van der Waals surface area contributed by atoms with Gasteiger partial charge in [-0.15, -0.1) is 11.3 Å². The van der Waals surface area contributed by atoms with Crippen LogP contribution in [0.15, 0.2) is 53.9 Å². The Morgan fingerprint density at radius 2 is 1.80 bits per heavy atom. The molecule has 4 heteroatoms. The Morgan fingerprint density at radius 1 is 1.05 bits per heavy atom. The average molecular weight is 301 g/mol. The van der Waals surface area contributed by atoms with Gasteiger partial charge in [0, 0.05) is 28.1 Å². The highest BCUT2D eigenvalue weighted by Crippen LogP contribution is 2.28. The molecule has 0 saturated heterocycles. The van der Waals surface area contributed by atoms with E-state index in [0.29, 0.717) is 0 Å². The minimum Gasteiger partial charge on any atom is -0.398 e. The van der Waals surface area contributed by atoms with Crippen LogP contribution in [0, 0.1) is 0 Å². The van der Waals surface area contributed by atoms with E-state index in [-0.39, 0.29) is 0 Å². The third-order valence-electron chi connectivity index (χ3n) is 3.09. The molecule has 0 fully saturated rings. The first-order valence-corrected chi connectivity index (χ1v) is 7.52. The number of hydrogen-bond donors (Lipinski definition) is 1. The van der Waals surface area contributed by atoms with Crippen molar-refractivity contribution in [2.24, 2.45) is 0 Å². The first-order chi connectivity index (χ1) is 9.74. The quantitative estimate of drug-likeness (QED) is 0.716. The zero-order chi connectivity index (χ0) is 13.9. The number of benzene rings is 2. The van der Waals surface area contributed by atoms with Crippen LogP contribution in [0.25, 0.3) is 11.3 Å². The second kappa shape index (κ2) is 5.65. The van der Waals surface area contributed by atoms with E-state index in [2.05, 4.69) is 4.98 Å². The van der Waals surface area contributed by atoms with Crippen molar-refractivity contribution in [1.29, 1.82) is 0 Å². The number of nitrogens with two attached hydrogens (primary N) is 1. The van der Waals surface area contributed by atoms with Gasteiger partial charge in [0.25, 0.3) is 0 Å². The number of nitrogen functional groups attached to an aromatic ring is 1. The molecule has 0 atom stereocenters. The van der Waals surface area contributed by atoms with Crippen LogP contribution < -0.4 is 5.73 Å². The summed E-state index contributed by atoms with van der Waals surface area (Å²) in [5.41, 5.74) is 9.73. The number of anilines is 1. The van der Waals surface area contributed by atoms with E-state index in [1.165, 1.54) is 0 Å². The summed E-state index contributed by atoms with van der Waals surface area (Å²) in [6.07, 6.45) is 0.747. The fraction of sp³-hybridized carbons (Fsp3) is 0.0625. The molecule has 0 radical (unpaired) electrons. The second-order valence-corrected chi connectivity index (χ2v) is 5.83. The third kappa shape index (κ3) is 2.69. The van der Waals surface area contributed by atoms with Crippen LogP contribution in [-0.4, -0.2) is 4.98 Å². The highest BCUT2D eigenvalue weighted by atomic mass is 35.5. The molecule has 0 aliphatic heterocycles. The number of aromatic nitrogens is 1. The van der Waals surface area contributed by atoms with Gasteiger partial charge in [0.15, 0.2) is 0 Å². The number of rotatable bonds is 3. The molecule has 0 amide bonds. The van der Waals surface area contributed by atoms with Crippen molar-refractivity contribution in [3.8, 4) is 11.3 Å². The van der Waals surface area contributed by atoms with E-state index >= 15 is 0 Å². The van der Waals surface area contributed by atoms with E-state index in [0.717, 1.165) is 39.0 Å². The molecule has 0 bridgehead atoms. The van der Waals surface area contributed by atoms with Crippen LogP contribution in [-0.2, 0) is 6.42 Å². The van der Waals surface area contributed by atoms with Crippen molar-refractivity contribution in [3.63, 3.8) is 0 Å². The summed E-state index contributed by atoms with van der Waals surface area (Å²) in [4.78, 5) is 4.66. The normalized spacial score (nSPS) is 10.7. The van der Waals surface area contributed by atoms with Crippen molar-refractivity contribution in [2.45, 2.75) is 6.42 Å². The molecule has 1 heterocycles. The molecule has 0 saturated carbocycles. The molecule has 0 unspecified atom stereocenters. The average Bonchev–Trinajstić information content (AvgIpc) is 2.90. The monoisotopic (exact) mass is 300 g/mol. The van der Waals surface area contributed by atoms with Gasteiger partial charge < -0.3 is 5.73 Å². The Morgan fingerprint density at radius 3 is 2.60 bits per heavy atom. The molecule has 0 aliphatic rings. The topological polar surface area (TPSA) is 38.9 Å². The maximum atomic E-state index is 6.18. The van der Waals surface area contributed by atoms with Crippen molar-refractivity contribution >= 4 is 28.6 Å². The number of hydrogen-bond acceptors (Lipinski definition) is 3. The smallest absolute Gasteiger partial charge is 0.0977 e. The maximum Gasteiger partial charge on any atom is 0.0977 e. The van der Waals surface area contributed by atoms with Gasteiger partial charge in [-0.1, -0.05) is 48.0 Å². The van der Waals surface area contributed by atoms with Gasteiger partial charge in [0.2, 0.25) is 0 Å². The minimum absolute atomic E-state index is 0.747. The van der Waals surface area contributed by atoms with Crippen LogP contribution in [0.4, 0.5) is 5.69 Å². The fourth-order valence-corrected chi connectivity index (χ4v) is 3.07. The van der Waals surface area contributed by atoms with Crippen LogP contribution in [0.1, 0.15) is 10.6 Å². The number of halogens is 1. The zero-order valence-corrected chi connectivity index (χ0v) is 12.3. The minimum atomic E-state index is 0.747. The van der Waals surface area contributed by atoms with Gasteiger partial charge in [0.1, 0.15) is 0 Å². The fourth-order valence-electron chi connectivity index (χ4n) is 2.05. The Kier molecular flexibility index (Phi) is 3.72. The predicted octanol–water partition coefficient (Wildman–Crippen LogP) is 4.64. The first-order valence-electron chi connectivity index (χ1n) is 6.27. The molecule has 0 aliphatic carbocycles. The summed E-state index contributed by atoms with van der Waals surface area (Å²) in [7, 11) is 0. The van der Waals surface area contributed by atoms with Crippen molar-refractivity contribution in [1.82, 2.24) is 4.98 Å². The van der Waals surface area contributed by atoms with E-state index in [1.807, 2.05) is 53.9 Å². The van der Waals surface area contributed by atoms with Gasteiger partial charge in [0.05, 0.1) is 10.7 Å². The van der Waals surface area contributed by atoms with Gasteiger partial charge >= 0.3 is 0 Å². The van der Waals surface area contributed by atoms with Crippen LogP contribution in [0.5, 0.6) is 0 Å². The summed E-state index contributed by atoms with van der Waals surface area (Å²) in [5, 5.41) is 3.86. The highest BCUT2D eigenvalue weighted by molar-refractivity contribution is 7.10. The van der Waals surface area contributed by atoms with Crippen molar-refractivity contribution in [3.05, 3.63) is 69.5 Å². The van der Waals surface area contributed by atoms with Gasteiger partial charge in [-0.2, -0.15) is 0 Å². The lowest BCUT2D eigenvalue weighted by atomic mass is 10.1. The Labute approximate surface area is 126 Å². The second-order valence-electron chi connectivity index (χ2n) is 4.48. The lowest BCUT2D eigenvalue weighted by molar-refractivity contribution is 1.14. The van der Waals surface area contributed by atoms with E-state index in [9.17, 15) is 0 Å². The largest absolute Gasteiger partial charge is 0.398 e. The maximum absolute atomic E-state index is 6.18. The third-order valence-corrected chi connectivity index (χ3v) is 4.31. The van der Waals surface area contributed by atoms with Gasteiger partial charge in [-0.05, 0) is 17.7 Å². The summed E-state index contributed by atoms with van der Waals surface area (Å²) in [5.74, 6) is 0. The molecular formula is C16H13ClN2S. The van der Waals surface area contributed by atoms with E-state index < -0.39 is 0 Å². The molecule has 20 heavy (non-hydrogen) atoms. The lowest BCUT2D eigenvalue weighted by Gasteiger charge is -2.02. The van der Waals surface area contributed by atoms with E-state index in [4.69, 9.17) is 17.3 Å². The van der Waals surface area contributed by atoms with Crippen LogP contribution in [0.3, 0.4) is 0 Å². The molecule has 2 aromatic carbocycles. The molecule has 100 valence electrons. The standard InChI is InChI=1S/C16H13ClN2S/c17-13-7-3-1-5-11(13)9-16-19-15(10-20-16)12-6-2-4-8-14(12)18/h1-8,10H,9,18H2. The van der Waals surface area contributed by atoms with Crippen molar-refractivity contribution in [2.75, 3.05) is 5.73 Å². The van der Waals surface area contributed by atoms with E-state index in [1.54, 1.807) is 11.3 Å². The molecular weight excluding hydrogens is 288 g/mol. The summed E-state index contributed by atoms with van der Waals surface area (Å²) < 4.78 is 0. The Balaban J connectivity index is 1.88. The van der Waals surface area contributed by atoms with Crippen LogP contribution >= 0.6 is 22.9 Å². The Hall–Kier alpha value is -1.84. The Bertz CT molecular complexity index is 737. The summed E-state index contributed by atoms with van der Waals surface area (Å²) in [6, 6.07) is 15.6. The van der Waals surface area contributed by atoms with Gasteiger partial charge in [-0.3, -0.25) is 0 Å². The molecule has 3 rings (SSSR count). The molecule has 1 aromatic heterocycles.